The molecule has 5 nitrogen and oxygen atoms in total. The van der Waals surface area contributed by atoms with Crippen molar-refractivity contribution >= 4 is 28.5 Å². The van der Waals surface area contributed by atoms with Gasteiger partial charge >= 0.3 is 0 Å². The van der Waals surface area contributed by atoms with Crippen molar-refractivity contribution in [3.05, 3.63) is 47.0 Å². The van der Waals surface area contributed by atoms with Crippen molar-refractivity contribution in [3.63, 3.8) is 0 Å². The van der Waals surface area contributed by atoms with Gasteiger partial charge in [-0.3, -0.25) is 10.1 Å². The molecular weight excluding hydrogens is 274 g/mol. The summed E-state index contributed by atoms with van der Waals surface area (Å²) in [6.45, 7) is 0. The van der Waals surface area contributed by atoms with Crippen LogP contribution >= 0.6 is 11.3 Å². The van der Waals surface area contributed by atoms with Gasteiger partial charge < -0.3 is 4.74 Å². The molecule has 0 radical (unpaired) electrons. The minimum absolute atomic E-state index is 0.00783. The summed E-state index contributed by atoms with van der Waals surface area (Å²) in [6, 6.07) is 9.00. The summed E-state index contributed by atoms with van der Waals surface area (Å²) in [6.07, 6.45) is 3.09. The van der Waals surface area contributed by atoms with E-state index in [-0.39, 0.29) is 5.57 Å². The number of nitrogens with zero attached hydrogens (tertiary/aromatic N) is 2. The number of thiazole rings is 1. The molecule has 0 atom stereocenters. The molecule has 1 aromatic carbocycles. The van der Waals surface area contributed by atoms with Crippen molar-refractivity contribution in [1.29, 1.82) is 5.26 Å². The standard InChI is InChI=1S/C14H11N3O2S/c1-19-12-4-2-3-10(8-12)7-11(9-15)13(18)17-14-16-5-6-20-14/h2-8H,1H3,(H,16,17,18)/b11-7+. The fraction of sp³-hybridized carbons (Fsp3) is 0.0714. The Bertz CT molecular complexity index is 672. The van der Waals surface area contributed by atoms with Gasteiger partial charge in [0.15, 0.2) is 5.13 Å². The first-order valence-electron chi connectivity index (χ1n) is 5.69. The quantitative estimate of drug-likeness (QED) is 0.692. The first kappa shape index (κ1) is 13.8. The largest absolute Gasteiger partial charge is 0.497 e. The van der Waals surface area contributed by atoms with E-state index in [0.29, 0.717) is 10.9 Å². The molecule has 20 heavy (non-hydrogen) atoms. The second kappa shape index (κ2) is 6.50. The van der Waals surface area contributed by atoms with Crippen LogP contribution in [0.1, 0.15) is 5.56 Å². The number of ether oxygens (including phenoxy) is 1. The lowest BCUT2D eigenvalue weighted by Gasteiger charge is -2.02. The highest BCUT2D eigenvalue weighted by Gasteiger charge is 2.10. The number of methoxy groups -OCH3 is 1. The zero-order valence-corrected chi connectivity index (χ0v) is 11.5. The molecule has 0 bridgehead atoms. The van der Waals surface area contributed by atoms with Crippen LogP contribution in [0.25, 0.3) is 6.08 Å². The van der Waals surface area contributed by atoms with Gasteiger partial charge in [-0.2, -0.15) is 5.26 Å². The monoisotopic (exact) mass is 285 g/mol. The van der Waals surface area contributed by atoms with Gasteiger partial charge in [-0.1, -0.05) is 12.1 Å². The molecule has 0 saturated heterocycles. The predicted octanol–water partition coefficient (Wildman–Crippen LogP) is 2.70. The highest BCUT2D eigenvalue weighted by molar-refractivity contribution is 7.13. The molecule has 100 valence electrons. The molecule has 1 aromatic heterocycles. The summed E-state index contributed by atoms with van der Waals surface area (Å²) in [5, 5.41) is 13.9. The third-order valence-electron chi connectivity index (χ3n) is 2.42. The topological polar surface area (TPSA) is 75.0 Å². The maximum absolute atomic E-state index is 11.9. The third-order valence-corrected chi connectivity index (χ3v) is 3.11. The number of nitriles is 1. The van der Waals surface area contributed by atoms with Crippen molar-refractivity contribution in [2.24, 2.45) is 0 Å². The lowest BCUT2D eigenvalue weighted by molar-refractivity contribution is -0.112. The molecule has 2 rings (SSSR count). The number of rotatable bonds is 4. The number of nitrogens with one attached hydrogen (secondary N) is 1. The van der Waals surface area contributed by atoms with Gasteiger partial charge in [-0.25, -0.2) is 4.98 Å². The van der Waals surface area contributed by atoms with Gasteiger partial charge in [0.1, 0.15) is 17.4 Å². The van der Waals surface area contributed by atoms with Crippen LogP contribution in [-0.2, 0) is 4.79 Å². The summed E-state index contributed by atoms with van der Waals surface area (Å²) in [7, 11) is 1.56. The Hall–Kier alpha value is -2.65. The molecule has 0 unspecified atom stereocenters. The fourth-order valence-electron chi connectivity index (χ4n) is 1.50. The second-order valence-electron chi connectivity index (χ2n) is 3.74. The van der Waals surface area contributed by atoms with Crippen LogP contribution in [-0.4, -0.2) is 18.0 Å². The first-order chi connectivity index (χ1) is 9.72. The fourth-order valence-corrected chi connectivity index (χ4v) is 2.02. The van der Waals surface area contributed by atoms with E-state index in [4.69, 9.17) is 10.00 Å². The zero-order chi connectivity index (χ0) is 14.4. The van der Waals surface area contributed by atoms with Crippen molar-refractivity contribution in [2.75, 3.05) is 12.4 Å². The van der Waals surface area contributed by atoms with E-state index in [1.807, 2.05) is 6.07 Å². The van der Waals surface area contributed by atoms with E-state index in [1.54, 1.807) is 43.0 Å². The SMILES string of the molecule is COc1cccc(/C=C(\C#N)C(=O)Nc2nccs2)c1. The van der Waals surface area contributed by atoms with Crippen LogP contribution in [0.4, 0.5) is 5.13 Å². The molecule has 0 aliphatic heterocycles. The predicted molar refractivity (Wildman–Crippen MR) is 77.3 cm³/mol. The minimum Gasteiger partial charge on any atom is -0.497 e. The number of amides is 1. The molecular formula is C14H11N3O2S. The second-order valence-corrected chi connectivity index (χ2v) is 4.63. The van der Waals surface area contributed by atoms with Crippen LogP contribution in [0.15, 0.2) is 41.4 Å². The van der Waals surface area contributed by atoms with Crippen molar-refractivity contribution in [2.45, 2.75) is 0 Å². The molecule has 1 N–H and O–H groups in total. The number of carbonyl (C=O) groups excluding carboxylic acids is 1. The van der Waals surface area contributed by atoms with E-state index < -0.39 is 5.91 Å². The van der Waals surface area contributed by atoms with Gasteiger partial charge in [0.2, 0.25) is 0 Å². The van der Waals surface area contributed by atoms with E-state index in [0.717, 1.165) is 5.56 Å². The van der Waals surface area contributed by atoms with Gasteiger partial charge in [0, 0.05) is 11.6 Å². The van der Waals surface area contributed by atoms with Crippen LogP contribution < -0.4 is 10.1 Å². The summed E-state index contributed by atoms with van der Waals surface area (Å²) in [5.74, 6) is 0.182. The van der Waals surface area contributed by atoms with Crippen LogP contribution in [0.2, 0.25) is 0 Å². The summed E-state index contributed by atoms with van der Waals surface area (Å²) >= 11 is 1.29. The number of hydrogen-bond acceptors (Lipinski definition) is 5. The molecule has 2 aromatic rings. The number of hydrogen-bond donors (Lipinski definition) is 1. The normalized spacial score (nSPS) is 10.7. The summed E-state index contributed by atoms with van der Waals surface area (Å²) in [5.41, 5.74) is 0.726. The maximum Gasteiger partial charge on any atom is 0.268 e. The van der Waals surface area contributed by atoms with E-state index in [1.165, 1.54) is 17.4 Å². The Balaban J connectivity index is 2.20. The van der Waals surface area contributed by atoms with E-state index >= 15 is 0 Å². The van der Waals surface area contributed by atoms with Gasteiger partial charge in [-0.15, -0.1) is 11.3 Å². The Morgan fingerprint density at radius 1 is 1.55 bits per heavy atom. The van der Waals surface area contributed by atoms with Crippen molar-refractivity contribution < 1.29 is 9.53 Å². The van der Waals surface area contributed by atoms with Crippen LogP contribution in [0.5, 0.6) is 5.75 Å². The average molecular weight is 285 g/mol. The minimum atomic E-state index is -0.481. The molecule has 1 heterocycles. The molecule has 0 spiro atoms. The maximum atomic E-state index is 11.9. The van der Waals surface area contributed by atoms with E-state index in [9.17, 15) is 4.79 Å². The number of anilines is 1. The molecule has 6 heteroatoms. The third kappa shape index (κ3) is 3.43. The Labute approximate surface area is 120 Å². The smallest absolute Gasteiger partial charge is 0.268 e. The molecule has 0 aliphatic rings. The van der Waals surface area contributed by atoms with Gasteiger partial charge in [0.05, 0.1) is 7.11 Å². The summed E-state index contributed by atoms with van der Waals surface area (Å²) < 4.78 is 5.09. The lowest BCUT2D eigenvalue weighted by Crippen LogP contribution is -2.13. The van der Waals surface area contributed by atoms with Crippen LogP contribution in [0.3, 0.4) is 0 Å². The van der Waals surface area contributed by atoms with Crippen molar-refractivity contribution in [3.8, 4) is 11.8 Å². The molecule has 1 amide bonds. The van der Waals surface area contributed by atoms with Crippen LogP contribution in [0, 0.1) is 11.3 Å². The Morgan fingerprint density at radius 3 is 3.05 bits per heavy atom. The molecule has 0 aliphatic carbocycles. The Morgan fingerprint density at radius 2 is 2.40 bits per heavy atom. The Kier molecular flexibility index (Phi) is 4.47. The van der Waals surface area contributed by atoms with E-state index in [2.05, 4.69) is 10.3 Å². The summed E-state index contributed by atoms with van der Waals surface area (Å²) in [4.78, 5) is 15.9. The zero-order valence-electron chi connectivity index (χ0n) is 10.7. The number of aromatic nitrogens is 1. The van der Waals surface area contributed by atoms with Crippen molar-refractivity contribution in [1.82, 2.24) is 4.98 Å². The first-order valence-corrected chi connectivity index (χ1v) is 6.57. The van der Waals surface area contributed by atoms with Gasteiger partial charge in [0.25, 0.3) is 5.91 Å². The number of carbonyl (C=O) groups is 1. The van der Waals surface area contributed by atoms with Gasteiger partial charge in [-0.05, 0) is 23.8 Å². The molecule has 0 saturated carbocycles. The highest BCUT2D eigenvalue weighted by atomic mass is 32.1. The number of benzene rings is 1. The molecule has 0 fully saturated rings. The lowest BCUT2D eigenvalue weighted by atomic mass is 10.1. The average Bonchev–Trinajstić information content (AvgIpc) is 2.97. The highest BCUT2D eigenvalue weighted by Crippen LogP contribution is 2.16.